The van der Waals surface area contributed by atoms with Crippen LogP contribution in [0.25, 0.3) is 11.0 Å². The van der Waals surface area contributed by atoms with Crippen molar-refractivity contribution in [3.05, 3.63) is 59.4 Å². The number of carbonyl (C=O) groups is 1. The highest BCUT2D eigenvalue weighted by atomic mass is 16.2. The van der Waals surface area contributed by atoms with Crippen LogP contribution in [0.4, 0.5) is 5.69 Å². The molecule has 0 N–H and O–H groups in total. The Labute approximate surface area is 153 Å². The van der Waals surface area contributed by atoms with E-state index in [0.717, 1.165) is 28.1 Å². The van der Waals surface area contributed by atoms with Gasteiger partial charge in [0.15, 0.2) is 0 Å². The summed E-state index contributed by atoms with van der Waals surface area (Å²) >= 11 is 0. The zero-order chi connectivity index (χ0) is 18.3. The van der Waals surface area contributed by atoms with E-state index in [9.17, 15) is 4.79 Å². The Morgan fingerprint density at radius 2 is 2.00 bits per heavy atom. The van der Waals surface area contributed by atoms with Gasteiger partial charge in [0.1, 0.15) is 5.82 Å². The van der Waals surface area contributed by atoms with Gasteiger partial charge in [-0.15, -0.1) is 6.42 Å². The van der Waals surface area contributed by atoms with E-state index in [4.69, 9.17) is 11.4 Å². The summed E-state index contributed by atoms with van der Waals surface area (Å²) in [4.78, 5) is 19.5. The molecule has 1 atom stereocenters. The van der Waals surface area contributed by atoms with E-state index in [1.807, 2.05) is 41.3 Å². The average Bonchev–Trinajstić information content (AvgIpc) is 3.19. The lowest BCUT2D eigenvalue weighted by Gasteiger charge is -2.20. The maximum Gasteiger partial charge on any atom is 0.227 e. The molecule has 4 heteroatoms. The van der Waals surface area contributed by atoms with Crippen molar-refractivity contribution in [3.63, 3.8) is 0 Å². The fourth-order valence-electron chi connectivity index (χ4n) is 3.80. The molecule has 0 bridgehead atoms. The number of hydrogen-bond acceptors (Lipinski definition) is 2. The monoisotopic (exact) mass is 343 g/mol. The third-order valence-electron chi connectivity index (χ3n) is 5.29. The van der Waals surface area contributed by atoms with Gasteiger partial charge in [-0.1, -0.05) is 30.2 Å². The standard InChI is InChI=1S/C22H21N3O/c1-4-12-24-20-10-6-5-9-18(20)23-22(24)17-13-21(26)25(14-17)19-11-7-8-15(2)16(19)3/h1,5-11,17H,12-14H2,2-3H3. The van der Waals surface area contributed by atoms with Crippen molar-refractivity contribution in [2.75, 3.05) is 11.4 Å². The first-order chi connectivity index (χ1) is 12.6. The molecular formula is C22H21N3O. The fourth-order valence-corrected chi connectivity index (χ4v) is 3.80. The van der Waals surface area contributed by atoms with Gasteiger partial charge in [0, 0.05) is 24.6 Å². The van der Waals surface area contributed by atoms with E-state index in [1.54, 1.807) is 0 Å². The Balaban J connectivity index is 1.74. The van der Waals surface area contributed by atoms with Gasteiger partial charge >= 0.3 is 0 Å². The summed E-state index contributed by atoms with van der Waals surface area (Å²) in [6.07, 6.45) is 6.04. The van der Waals surface area contributed by atoms with Crippen molar-refractivity contribution < 1.29 is 4.79 Å². The lowest BCUT2D eigenvalue weighted by Crippen LogP contribution is -2.25. The number of carbonyl (C=O) groups excluding carboxylic acids is 1. The van der Waals surface area contributed by atoms with Crippen molar-refractivity contribution in [1.82, 2.24) is 9.55 Å². The van der Waals surface area contributed by atoms with Crippen LogP contribution in [0, 0.1) is 26.2 Å². The number of hydrogen-bond donors (Lipinski definition) is 0. The number of rotatable bonds is 3. The summed E-state index contributed by atoms with van der Waals surface area (Å²) < 4.78 is 2.07. The second-order valence-electron chi connectivity index (χ2n) is 6.87. The Morgan fingerprint density at radius 1 is 1.19 bits per heavy atom. The molecule has 1 aromatic heterocycles. The predicted octanol–water partition coefficient (Wildman–Crippen LogP) is 3.81. The maximum absolute atomic E-state index is 12.8. The largest absolute Gasteiger partial charge is 0.316 e. The van der Waals surface area contributed by atoms with Crippen molar-refractivity contribution in [3.8, 4) is 12.3 Å². The maximum atomic E-state index is 12.8. The SMILES string of the molecule is C#CCn1c(C2CC(=O)N(c3cccc(C)c3C)C2)nc2ccccc21. The summed E-state index contributed by atoms with van der Waals surface area (Å²) in [5, 5.41) is 0. The molecule has 4 nitrogen and oxygen atoms in total. The smallest absolute Gasteiger partial charge is 0.227 e. The zero-order valence-electron chi connectivity index (χ0n) is 15.1. The number of terminal acetylenes is 1. The molecule has 0 aliphatic carbocycles. The van der Waals surface area contributed by atoms with Gasteiger partial charge in [0.25, 0.3) is 0 Å². The summed E-state index contributed by atoms with van der Waals surface area (Å²) in [5.74, 6) is 3.82. The number of benzene rings is 2. The quantitative estimate of drug-likeness (QED) is 0.678. The lowest BCUT2D eigenvalue weighted by molar-refractivity contribution is -0.117. The highest BCUT2D eigenvalue weighted by Crippen LogP contribution is 2.35. The summed E-state index contributed by atoms with van der Waals surface area (Å²) in [6, 6.07) is 14.1. The highest BCUT2D eigenvalue weighted by molar-refractivity contribution is 5.97. The van der Waals surface area contributed by atoms with Crippen LogP contribution in [-0.4, -0.2) is 22.0 Å². The number of amides is 1. The zero-order valence-corrected chi connectivity index (χ0v) is 15.1. The molecule has 2 heterocycles. The molecule has 26 heavy (non-hydrogen) atoms. The molecule has 1 aliphatic heterocycles. The first-order valence-electron chi connectivity index (χ1n) is 8.85. The molecule has 1 amide bonds. The first kappa shape index (κ1) is 16.4. The molecule has 2 aromatic carbocycles. The normalized spacial score (nSPS) is 17.0. The van der Waals surface area contributed by atoms with Crippen LogP contribution in [-0.2, 0) is 11.3 Å². The van der Waals surface area contributed by atoms with E-state index in [1.165, 1.54) is 5.56 Å². The van der Waals surface area contributed by atoms with Crippen LogP contribution < -0.4 is 4.90 Å². The van der Waals surface area contributed by atoms with E-state index >= 15 is 0 Å². The van der Waals surface area contributed by atoms with E-state index < -0.39 is 0 Å². The van der Waals surface area contributed by atoms with Crippen LogP contribution in [0.3, 0.4) is 0 Å². The number of aryl methyl sites for hydroxylation is 1. The molecule has 3 aromatic rings. The Hall–Kier alpha value is -3.06. The number of aromatic nitrogens is 2. The number of fused-ring (bicyclic) bond motifs is 1. The van der Waals surface area contributed by atoms with Gasteiger partial charge < -0.3 is 9.47 Å². The third-order valence-corrected chi connectivity index (χ3v) is 5.29. The van der Waals surface area contributed by atoms with Crippen LogP contribution in [0.5, 0.6) is 0 Å². The Kier molecular flexibility index (Phi) is 4.00. The molecule has 130 valence electrons. The Bertz CT molecular complexity index is 1040. The summed E-state index contributed by atoms with van der Waals surface area (Å²) in [6.45, 7) is 5.24. The third kappa shape index (κ3) is 2.57. The molecule has 0 saturated carbocycles. The minimum absolute atomic E-state index is 0.0446. The van der Waals surface area contributed by atoms with Crippen LogP contribution in [0.1, 0.15) is 29.3 Å². The number of anilines is 1. The van der Waals surface area contributed by atoms with E-state index in [-0.39, 0.29) is 11.8 Å². The van der Waals surface area contributed by atoms with Gasteiger partial charge in [-0.2, -0.15) is 0 Å². The van der Waals surface area contributed by atoms with Crippen molar-refractivity contribution in [2.24, 2.45) is 0 Å². The summed E-state index contributed by atoms with van der Waals surface area (Å²) in [5.41, 5.74) is 5.29. The Morgan fingerprint density at radius 3 is 2.81 bits per heavy atom. The molecule has 0 radical (unpaired) electrons. The molecule has 1 unspecified atom stereocenters. The molecule has 1 fully saturated rings. The second kappa shape index (κ2) is 6.34. The van der Waals surface area contributed by atoms with Crippen molar-refractivity contribution >= 4 is 22.6 Å². The van der Waals surface area contributed by atoms with Crippen LogP contribution in [0.15, 0.2) is 42.5 Å². The van der Waals surface area contributed by atoms with E-state index in [0.29, 0.717) is 19.5 Å². The van der Waals surface area contributed by atoms with E-state index in [2.05, 4.69) is 30.4 Å². The molecule has 4 rings (SSSR count). The van der Waals surface area contributed by atoms with Crippen LogP contribution >= 0.6 is 0 Å². The topological polar surface area (TPSA) is 38.1 Å². The number of nitrogens with zero attached hydrogens (tertiary/aromatic N) is 3. The molecular weight excluding hydrogens is 322 g/mol. The van der Waals surface area contributed by atoms with Gasteiger partial charge in [-0.05, 0) is 43.2 Å². The molecule has 1 saturated heterocycles. The molecule has 0 spiro atoms. The highest BCUT2D eigenvalue weighted by Gasteiger charge is 2.35. The van der Waals surface area contributed by atoms with Gasteiger partial charge in [0.2, 0.25) is 5.91 Å². The minimum atomic E-state index is 0.0446. The number of imidazole rings is 1. The number of para-hydroxylation sites is 2. The predicted molar refractivity (Wildman–Crippen MR) is 104 cm³/mol. The van der Waals surface area contributed by atoms with Gasteiger partial charge in [-0.3, -0.25) is 4.79 Å². The molecule has 1 aliphatic rings. The van der Waals surface area contributed by atoms with Gasteiger partial charge in [0.05, 0.1) is 17.6 Å². The lowest BCUT2D eigenvalue weighted by atomic mass is 10.1. The van der Waals surface area contributed by atoms with Crippen LogP contribution in [0.2, 0.25) is 0 Å². The minimum Gasteiger partial charge on any atom is -0.316 e. The fraction of sp³-hybridized carbons (Fsp3) is 0.273. The van der Waals surface area contributed by atoms with Gasteiger partial charge in [-0.25, -0.2) is 4.98 Å². The van der Waals surface area contributed by atoms with Crippen molar-refractivity contribution in [1.29, 1.82) is 0 Å². The second-order valence-corrected chi connectivity index (χ2v) is 6.87. The average molecular weight is 343 g/mol. The van der Waals surface area contributed by atoms with Crippen molar-refractivity contribution in [2.45, 2.75) is 32.7 Å². The summed E-state index contributed by atoms with van der Waals surface area (Å²) in [7, 11) is 0. The first-order valence-corrected chi connectivity index (χ1v) is 8.85.